The Kier molecular flexibility index (Phi) is 7.12. The van der Waals surface area contributed by atoms with Crippen molar-refractivity contribution in [2.24, 2.45) is 0 Å². The number of rotatable bonds is 7. The molecule has 0 bridgehead atoms. The quantitative estimate of drug-likeness (QED) is 0.200. The molecule has 3 aromatic rings. The first-order valence-corrected chi connectivity index (χ1v) is 14.6. The van der Waals surface area contributed by atoms with Gasteiger partial charge in [0, 0.05) is 12.1 Å². The molecule has 0 N–H and O–H groups in total. The zero-order valence-electron chi connectivity index (χ0n) is 22.1. The van der Waals surface area contributed by atoms with Gasteiger partial charge in [-0.05, 0) is 44.4 Å². The fraction of sp³-hybridized carbons (Fsp3) is 0.367. The number of carbonyl (C=O) groups excluding carboxylic acids is 1. The average Bonchev–Trinajstić information content (AvgIpc) is 3.61. The lowest BCUT2D eigenvalue weighted by Crippen LogP contribution is -2.34. The molecule has 3 aromatic carbocycles. The molecule has 2 fully saturated rings. The van der Waals surface area contributed by atoms with Crippen molar-refractivity contribution in [1.29, 1.82) is 0 Å². The Labute approximate surface area is 220 Å². The van der Waals surface area contributed by atoms with Crippen molar-refractivity contribution >= 4 is 13.6 Å². The number of ether oxygens (including phenoxy) is 1. The lowest BCUT2D eigenvalue weighted by Gasteiger charge is -2.37. The molecule has 3 unspecified atom stereocenters. The van der Waals surface area contributed by atoms with E-state index in [1.54, 1.807) is 0 Å². The summed E-state index contributed by atoms with van der Waals surface area (Å²) in [5.74, 6) is -0.351. The molecular weight excluding hydrogens is 481 g/mol. The Hall–Kier alpha value is -2.76. The van der Waals surface area contributed by atoms with Crippen LogP contribution >= 0.6 is 7.59 Å². The molecular formula is C30H36N3O3P. The van der Waals surface area contributed by atoms with Crippen LogP contribution in [0.3, 0.4) is 0 Å². The molecule has 2 aliphatic rings. The van der Waals surface area contributed by atoms with Crippen LogP contribution in [-0.2, 0) is 14.1 Å². The average molecular weight is 518 g/mol. The number of esters is 1. The number of hydrogen-bond donors (Lipinski definition) is 0. The highest BCUT2D eigenvalue weighted by Crippen LogP contribution is 2.79. The van der Waals surface area contributed by atoms with Crippen molar-refractivity contribution in [3.8, 4) is 0 Å². The van der Waals surface area contributed by atoms with Gasteiger partial charge in [0.05, 0.1) is 25.2 Å². The third-order valence-corrected chi connectivity index (χ3v) is 11.2. The molecule has 0 radical (unpaired) electrons. The molecule has 2 saturated heterocycles. The van der Waals surface area contributed by atoms with Crippen LogP contribution < -0.4 is 0 Å². The van der Waals surface area contributed by atoms with Crippen LogP contribution in [0.1, 0.15) is 62.5 Å². The summed E-state index contributed by atoms with van der Waals surface area (Å²) in [7, 11) is -2.04. The second-order valence-electron chi connectivity index (χ2n) is 10.4. The van der Waals surface area contributed by atoms with Gasteiger partial charge in [0.1, 0.15) is 6.04 Å². The van der Waals surface area contributed by atoms with E-state index in [4.69, 9.17) is 4.74 Å². The van der Waals surface area contributed by atoms with Gasteiger partial charge in [-0.2, -0.15) is 0 Å². The topological polar surface area (TPSA) is 52.9 Å². The molecule has 5 atom stereocenters. The molecule has 0 aliphatic carbocycles. The van der Waals surface area contributed by atoms with Crippen molar-refractivity contribution in [3.63, 3.8) is 0 Å². The Morgan fingerprint density at radius 3 is 1.35 bits per heavy atom. The van der Waals surface area contributed by atoms with E-state index in [1.807, 2.05) is 71.4 Å². The smallest absolute Gasteiger partial charge is 0.325 e. The highest BCUT2D eigenvalue weighted by Gasteiger charge is 2.71. The van der Waals surface area contributed by atoms with Gasteiger partial charge in [0.15, 0.2) is 0 Å². The zero-order chi connectivity index (χ0) is 26.3. The lowest BCUT2D eigenvalue weighted by atomic mass is 9.92. The molecule has 2 heterocycles. The van der Waals surface area contributed by atoms with Gasteiger partial charge in [-0.15, -0.1) is 0 Å². The highest BCUT2D eigenvalue weighted by molar-refractivity contribution is 7.57. The van der Waals surface area contributed by atoms with Crippen LogP contribution in [0.25, 0.3) is 0 Å². The Bertz CT molecular complexity index is 1210. The minimum atomic E-state index is -3.45. The summed E-state index contributed by atoms with van der Waals surface area (Å²) in [4.78, 5) is 13.1. The van der Waals surface area contributed by atoms with Crippen molar-refractivity contribution in [2.75, 3.05) is 7.11 Å². The molecule has 0 amide bonds. The van der Waals surface area contributed by atoms with Crippen LogP contribution in [0.4, 0.5) is 0 Å². The van der Waals surface area contributed by atoms with Crippen LogP contribution in [-0.4, -0.2) is 45.2 Å². The minimum absolute atomic E-state index is 0.0404. The Morgan fingerprint density at radius 1 is 0.676 bits per heavy atom. The SMILES string of the molecule is COC(=O)C1C(c2ccccc2)N1P1(=O)N(C(C)C)[C@@H](c2ccccc2)[C@H](c2ccccc2)N1C(C)C. The Morgan fingerprint density at radius 2 is 1.03 bits per heavy atom. The maximum absolute atomic E-state index is 15.9. The molecule has 6 nitrogen and oxygen atoms in total. The van der Waals surface area contributed by atoms with Crippen LogP contribution in [0.5, 0.6) is 0 Å². The van der Waals surface area contributed by atoms with E-state index in [1.165, 1.54) is 7.11 Å². The fourth-order valence-corrected chi connectivity index (χ4v) is 10.2. The number of hydrogen-bond acceptors (Lipinski definition) is 3. The van der Waals surface area contributed by atoms with Gasteiger partial charge in [-0.25, -0.2) is 14.0 Å². The third-order valence-electron chi connectivity index (χ3n) is 7.48. The molecule has 0 spiro atoms. The maximum Gasteiger partial charge on any atom is 0.325 e. The minimum Gasteiger partial charge on any atom is -0.468 e. The lowest BCUT2D eigenvalue weighted by molar-refractivity contribution is -0.140. The highest BCUT2D eigenvalue weighted by atomic mass is 31.2. The Balaban J connectivity index is 1.74. The molecule has 37 heavy (non-hydrogen) atoms. The molecule has 0 saturated carbocycles. The number of carbonyl (C=O) groups is 1. The van der Waals surface area contributed by atoms with Crippen molar-refractivity contribution < 1.29 is 14.1 Å². The normalized spacial score (nSPS) is 27.5. The first kappa shape index (κ1) is 25.9. The van der Waals surface area contributed by atoms with Gasteiger partial charge in [-0.3, -0.25) is 9.36 Å². The molecule has 7 heteroatoms. The predicted molar refractivity (Wildman–Crippen MR) is 147 cm³/mol. The van der Waals surface area contributed by atoms with E-state index in [0.29, 0.717) is 0 Å². The van der Waals surface area contributed by atoms with E-state index in [-0.39, 0.29) is 36.2 Å². The second kappa shape index (κ2) is 10.2. The first-order chi connectivity index (χ1) is 17.8. The van der Waals surface area contributed by atoms with Crippen LogP contribution in [0.15, 0.2) is 91.0 Å². The molecule has 2 aliphatic heterocycles. The summed E-state index contributed by atoms with van der Waals surface area (Å²) >= 11 is 0. The summed E-state index contributed by atoms with van der Waals surface area (Å²) in [6.07, 6.45) is 0. The number of nitrogens with zero attached hydrogens (tertiary/aromatic N) is 3. The van der Waals surface area contributed by atoms with Gasteiger partial charge in [0.2, 0.25) is 0 Å². The van der Waals surface area contributed by atoms with E-state index >= 15 is 4.57 Å². The molecule has 0 aromatic heterocycles. The summed E-state index contributed by atoms with van der Waals surface area (Å²) in [6.45, 7) is 8.40. The zero-order valence-corrected chi connectivity index (χ0v) is 23.0. The summed E-state index contributed by atoms with van der Waals surface area (Å²) in [5.41, 5.74) is 3.20. The fourth-order valence-electron chi connectivity index (χ4n) is 6.07. The summed E-state index contributed by atoms with van der Waals surface area (Å²) in [5, 5.41) is 0. The van der Waals surface area contributed by atoms with Crippen molar-refractivity contribution in [1.82, 2.24) is 14.0 Å². The first-order valence-electron chi connectivity index (χ1n) is 13.0. The number of benzene rings is 3. The number of methoxy groups -OCH3 is 1. The maximum atomic E-state index is 15.9. The van der Waals surface area contributed by atoms with E-state index in [2.05, 4.69) is 61.3 Å². The van der Waals surface area contributed by atoms with Gasteiger partial charge in [-0.1, -0.05) is 91.0 Å². The summed E-state index contributed by atoms with van der Waals surface area (Å²) < 4.78 is 27.4. The van der Waals surface area contributed by atoms with E-state index in [9.17, 15) is 4.79 Å². The monoisotopic (exact) mass is 517 g/mol. The standard InChI is InChI=1S/C30H36N3O3P/c1-21(2)31-26(23-15-9-6-10-16-23)27(24-17-11-7-12-18-24)32(22(3)4)37(31,35)33-28(29(33)30(34)36-5)25-19-13-8-14-20-25/h6-22,26-29H,1-5H3/t26-,27-,28?,29?,33?/m0/s1. The molecule has 5 rings (SSSR count). The van der Waals surface area contributed by atoms with Crippen molar-refractivity contribution in [3.05, 3.63) is 108 Å². The van der Waals surface area contributed by atoms with Crippen LogP contribution in [0, 0.1) is 0 Å². The second-order valence-corrected chi connectivity index (χ2v) is 12.8. The van der Waals surface area contributed by atoms with E-state index in [0.717, 1.165) is 16.7 Å². The largest absolute Gasteiger partial charge is 0.468 e. The van der Waals surface area contributed by atoms with Crippen LogP contribution in [0.2, 0.25) is 0 Å². The van der Waals surface area contributed by atoms with Crippen molar-refractivity contribution in [2.45, 2.75) is 63.9 Å². The molecule has 194 valence electrons. The summed E-state index contributed by atoms with van der Waals surface area (Å²) in [6, 6.07) is 29.3. The van der Waals surface area contributed by atoms with Gasteiger partial charge < -0.3 is 4.74 Å². The van der Waals surface area contributed by atoms with Gasteiger partial charge >= 0.3 is 5.97 Å². The third kappa shape index (κ3) is 4.26. The van der Waals surface area contributed by atoms with E-state index < -0.39 is 13.6 Å². The van der Waals surface area contributed by atoms with Gasteiger partial charge in [0.25, 0.3) is 7.59 Å². The predicted octanol–water partition coefficient (Wildman–Crippen LogP) is 6.61.